The van der Waals surface area contributed by atoms with Gasteiger partial charge in [-0.2, -0.15) is 4.20 Å². The summed E-state index contributed by atoms with van der Waals surface area (Å²) in [6.45, 7) is 15.6. The monoisotopic (exact) mass is 266 g/mol. The van der Waals surface area contributed by atoms with Crippen LogP contribution in [-0.4, -0.2) is 12.3 Å². The molecule has 3 atom stereocenters. The van der Waals surface area contributed by atoms with Crippen LogP contribution in [0.2, 0.25) is 0 Å². The molecule has 0 amide bonds. The summed E-state index contributed by atoms with van der Waals surface area (Å²) in [7, 11) is -4.00. The summed E-state index contributed by atoms with van der Waals surface area (Å²) < 4.78 is 31.0. The highest BCUT2D eigenvalue weighted by Crippen LogP contribution is 2.54. The van der Waals surface area contributed by atoms with Gasteiger partial charge in [-0.25, -0.2) is 0 Å². The topological polar surface area (TPSA) is 26.3 Å². The van der Waals surface area contributed by atoms with Crippen molar-refractivity contribution >= 4 is 7.68 Å². The van der Waals surface area contributed by atoms with Crippen molar-refractivity contribution in [3.63, 3.8) is 0 Å². The van der Waals surface area contributed by atoms with Gasteiger partial charge in [0.2, 0.25) is 0 Å². The van der Waals surface area contributed by atoms with Crippen molar-refractivity contribution in [1.29, 1.82) is 0 Å². The zero-order valence-electron chi connectivity index (χ0n) is 12.5. The predicted molar refractivity (Wildman–Crippen MR) is 72.2 cm³/mol. The molecular weight excluding hydrogens is 238 g/mol. The molecule has 0 aliphatic heterocycles. The molecule has 0 spiro atoms. The van der Waals surface area contributed by atoms with Crippen LogP contribution >= 0.6 is 7.68 Å². The van der Waals surface area contributed by atoms with Gasteiger partial charge in [0, 0.05) is 0 Å². The Morgan fingerprint density at radius 1 is 1.06 bits per heavy atom. The third-order valence-corrected chi connectivity index (χ3v) is 5.12. The van der Waals surface area contributed by atoms with E-state index in [1.54, 1.807) is 6.92 Å². The molecule has 17 heavy (non-hydrogen) atoms. The summed E-state index contributed by atoms with van der Waals surface area (Å²) in [6, 6.07) is 0. The normalized spacial score (nSPS) is 20.8. The minimum atomic E-state index is -4.00. The Morgan fingerprint density at radius 3 is 1.76 bits per heavy atom. The van der Waals surface area contributed by atoms with E-state index in [4.69, 9.17) is 4.52 Å². The zero-order chi connectivity index (χ0) is 14.1. The number of rotatable bonds is 4. The SMILES string of the molecule is CC(CP(=O)(F)OC(C)C(C)(C)C)C(C)(C)C. The van der Waals surface area contributed by atoms with Gasteiger partial charge in [0.1, 0.15) is 0 Å². The highest BCUT2D eigenvalue weighted by molar-refractivity contribution is 7.53. The first-order chi connectivity index (χ1) is 7.26. The van der Waals surface area contributed by atoms with E-state index in [9.17, 15) is 8.76 Å². The van der Waals surface area contributed by atoms with Crippen LogP contribution in [0.1, 0.15) is 55.4 Å². The molecule has 0 aliphatic carbocycles. The molecule has 0 aliphatic rings. The molecule has 0 aromatic heterocycles. The average molecular weight is 266 g/mol. The summed E-state index contributed by atoms with van der Waals surface area (Å²) in [5, 5.41) is 0. The number of hydrogen-bond donors (Lipinski definition) is 0. The van der Waals surface area contributed by atoms with Gasteiger partial charge in [-0.15, -0.1) is 0 Å². The van der Waals surface area contributed by atoms with E-state index in [0.717, 1.165) is 0 Å². The molecule has 0 saturated heterocycles. The molecular formula is C13H28FO2P. The molecule has 104 valence electrons. The van der Waals surface area contributed by atoms with Crippen LogP contribution in [0.15, 0.2) is 0 Å². The maximum atomic E-state index is 14.0. The summed E-state index contributed by atoms with van der Waals surface area (Å²) >= 11 is 0. The molecule has 0 heterocycles. The molecule has 0 radical (unpaired) electrons. The average Bonchev–Trinajstić information content (AvgIpc) is 1.97. The number of hydrogen-bond acceptors (Lipinski definition) is 2. The molecule has 0 saturated carbocycles. The largest absolute Gasteiger partial charge is 0.368 e. The van der Waals surface area contributed by atoms with Gasteiger partial charge in [-0.1, -0.05) is 48.5 Å². The van der Waals surface area contributed by atoms with Crippen LogP contribution in [0, 0.1) is 16.7 Å². The van der Waals surface area contributed by atoms with Crippen LogP contribution < -0.4 is 0 Å². The van der Waals surface area contributed by atoms with Gasteiger partial charge in [0.05, 0.1) is 12.3 Å². The lowest BCUT2D eigenvalue weighted by Gasteiger charge is -2.31. The molecule has 0 rings (SSSR count). The lowest BCUT2D eigenvalue weighted by atomic mass is 9.83. The fraction of sp³-hybridized carbons (Fsp3) is 1.00. The molecule has 2 nitrogen and oxygen atoms in total. The van der Waals surface area contributed by atoms with Crippen LogP contribution in [0.4, 0.5) is 4.20 Å². The lowest BCUT2D eigenvalue weighted by Crippen LogP contribution is -2.26. The van der Waals surface area contributed by atoms with Crippen LogP contribution in [0.25, 0.3) is 0 Å². The molecule has 4 heteroatoms. The molecule has 0 bridgehead atoms. The maximum Gasteiger partial charge on any atom is 0.368 e. The van der Waals surface area contributed by atoms with Crippen LogP contribution in [0.3, 0.4) is 0 Å². The predicted octanol–water partition coefficient (Wildman–Crippen LogP) is 5.28. The summed E-state index contributed by atoms with van der Waals surface area (Å²) in [5.41, 5.74) is -0.261. The second-order valence-corrected chi connectivity index (χ2v) is 8.91. The Bertz CT molecular complexity index is 263. The first-order valence-corrected chi connectivity index (χ1v) is 7.93. The van der Waals surface area contributed by atoms with Gasteiger partial charge >= 0.3 is 7.68 Å². The lowest BCUT2D eigenvalue weighted by molar-refractivity contribution is 0.0946. The summed E-state index contributed by atoms with van der Waals surface area (Å²) in [4.78, 5) is 0. The standard InChI is InChI=1S/C13H28FO2P/c1-10(12(3,4)5)9-17(14,15)16-11(2)13(6,7)8/h10-11H,9H2,1-8H3. The highest BCUT2D eigenvalue weighted by atomic mass is 31.2. The zero-order valence-corrected chi connectivity index (χ0v) is 13.4. The third-order valence-electron chi connectivity index (χ3n) is 3.51. The van der Waals surface area contributed by atoms with Crippen molar-refractivity contribution in [2.45, 2.75) is 61.5 Å². The molecule has 0 N–H and O–H groups in total. The smallest absolute Gasteiger partial charge is 0.302 e. The van der Waals surface area contributed by atoms with Crippen molar-refractivity contribution in [1.82, 2.24) is 0 Å². The second-order valence-electron chi connectivity index (χ2n) is 7.15. The fourth-order valence-electron chi connectivity index (χ4n) is 1.04. The highest BCUT2D eigenvalue weighted by Gasteiger charge is 2.35. The Hall–Kier alpha value is 0.120. The third kappa shape index (κ3) is 6.57. The first-order valence-electron chi connectivity index (χ1n) is 6.23. The summed E-state index contributed by atoms with van der Waals surface area (Å²) in [6.07, 6.45) is -0.359. The Morgan fingerprint density at radius 2 is 1.47 bits per heavy atom. The van der Waals surface area contributed by atoms with Crippen molar-refractivity contribution < 1.29 is 13.3 Å². The fourth-order valence-corrected chi connectivity index (χ4v) is 3.11. The minimum Gasteiger partial charge on any atom is -0.302 e. The Labute approximate surface area is 106 Å². The van der Waals surface area contributed by atoms with E-state index in [0.29, 0.717) is 0 Å². The van der Waals surface area contributed by atoms with Gasteiger partial charge in [-0.3, -0.25) is 4.57 Å². The van der Waals surface area contributed by atoms with E-state index < -0.39 is 7.68 Å². The second kappa shape index (κ2) is 5.40. The Balaban J connectivity index is 4.56. The van der Waals surface area contributed by atoms with Crippen molar-refractivity contribution in [2.24, 2.45) is 16.7 Å². The summed E-state index contributed by atoms with van der Waals surface area (Å²) in [5.74, 6) is 0.0190. The first kappa shape index (κ1) is 17.1. The molecule has 0 fully saturated rings. The quantitative estimate of drug-likeness (QED) is 0.647. The molecule has 3 unspecified atom stereocenters. The van der Waals surface area contributed by atoms with Crippen molar-refractivity contribution in [3.05, 3.63) is 0 Å². The van der Waals surface area contributed by atoms with Gasteiger partial charge < -0.3 is 4.52 Å². The van der Waals surface area contributed by atoms with Crippen molar-refractivity contribution in [3.8, 4) is 0 Å². The van der Waals surface area contributed by atoms with Crippen LogP contribution in [0.5, 0.6) is 0 Å². The van der Waals surface area contributed by atoms with Gasteiger partial charge in [0.25, 0.3) is 0 Å². The van der Waals surface area contributed by atoms with E-state index in [1.165, 1.54) is 0 Å². The van der Waals surface area contributed by atoms with Crippen LogP contribution in [-0.2, 0) is 9.09 Å². The van der Waals surface area contributed by atoms with E-state index >= 15 is 0 Å². The maximum absolute atomic E-state index is 14.0. The van der Waals surface area contributed by atoms with E-state index in [-0.39, 0.29) is 29.0 Å². The van der Waals surface area contributed by atoms with Gasteiger partial charge in [-0.05, 0) is 23.7 Å². The molecule has 0 aromatic rings. The van der Waals surface area contributed by atoms with Gasteiger partial charge in [0.15, 0.2) is 0 Å². The minimum absolute atomic E-state index is 0.00306. The van der Waals surface area contributed by atoms with E-state index in [1.807, 2.05) is 48.5 Å². The van der Waals surface area contributed by atoms with E-state index in [2.05, 4.69) is 0 Å². The Kier molecular flexibility index (Phi) is 5.44. The number of halogens is 1. The van der Waals surface area contributed by atoms with Crippen molar-refractivity contribution in [2.75, 3.05) is 6.16 Å². The molecule has 0 aromatic carbocycles.